The Morgan fingerprint density at radius 3 is 2.44 bits per heavy atom. The lowest BCUT2D eigenvalue weighted by Crippen LogP contribution is -1.95. The highest BCUT2D eigenvalue weighted by molar-refractivity contribution is 5.18. The molecule has 0 aromatic carbocycles. The Morgan fingerprint density at radius 2 is 2.11 bits per heavy atom. The molecule has 0 unspecified atom stereocenters. The smallest absolute Gasteiger partial charge is 0.00808 e. The van der Waals surface area contributed by atoms with Gasteiger partial charge in [0.15, 0.2) is 0 Å². The van der Waals surface area contributed by atoms with Crippen molar-refractivity contribution in [1.29, 1.82) is 0 Å². The Kier molecular flexibility index (Phi) is 3.60. The van der Waals surface area contributed by atoms with Crippen molar-refractivity contribution in [3.05, 3.63) is 23.5 Å². The minimum atomic E-state index is 0.870. The zero-order chi connectivity index (χ0) is 7.28. The largest absolute Gasteiger partial charge is 0.404 e. The van der Waals surface area contributed by atoms with Crippen molar-refractivity contribution in [2.24, 2.45) is 11.5 Å². The SMILES string of the molecule is CC/C(N)=C/C(C)=CN. The Morgan fingerprint density at radius 1 is 1.56 bits per heavy atom. The summed E-state index contributed by atoms with van der Waals surface area (Å²) in [6.07, 6.45) is 4.30. The fourth-order valence-electron chi connectivity index (χ4n) is 0.443. The average Bonchev–Trinajstić information content (AvgIpc) is 1.87. The third kappa shape index (κ3) is 3.64. The first kappa shape index (κ1) is 8.08. The molecule has 0 aliphatic carbocycles. The van der Waals surface area contributed by atoms with E-state index in [1.54, 1.807) is 6.20 Å². The molecule has 0 aromatic rings. The van der Waals surface area contributed by atoms with Crippen LogP contribution < -0.4 is 11.5 Å². The minimum absolute atomic E-state index is 0.870. The second kappa shape index (κ2) is 4.01. The predicted octanol–water partition coefficient (Wildman–Crippen LogP) is 1.10. The summed E-state index contributed by atoms with van der Waals surface area (Å²) in [7, 11) is 0. The molecule has 2 heteroatoms. The van der Waals surface area contributed by atoms with E-state index in [-0.39, 0.29) is 0 Å². The molecule has 4 N–H and O–H groups in total. The zero-order valence-electron chi connectivity index (χ0n) is 6.02. The molecule has 0 radical (unpaired) electrons. The standard InChI is InChI=1S/C7H14N2/c1-3-7(9)4-6(2)5-8/h4-5H,3,8-9H2,1-2H3/b6-5?,7-4-. The lowest BCUT2D eigenvalue weighted by Gasteiger charge is -1.93. The number of hydrogen-bond acceptors (Lipinski definition) is 2. The van der Waals surface area contributed by atoms with Gasteiger partial charge in [-0.3, -0.25) is 0 Å². The topological polar surface area (TPSA) is 52.0 Å². The molecule has 0 saturated heterocycles. The van der Waals surface area contributed by atoms with Crippen LogP contribution in [0.3, 0.4) is 0 Å². The van der Waals surface area contributed by atoms with Gasteiger partial charge < -0.3 is 11.5 Å². The van der Waals surface area contributed by atoms with Crippen LogP contribution in [0.15, 0.2) is 23.5 Å². The summed E-state index contributed by atoms with van der Waals surface area (Å²) in [6, 6.07) is 0. The highest BCUT2D eigenvalue weighted by Gasteiger charge is 1.83. The Hall–Kier alpha value is -0.920. The van der Waals surface area contributed by atoms with Crippen molar-refractivity contribution in [2.75, 3.05) is 0 Å². The number of hydrogen-bond donors (Lipinski definition) is 2. The quantitative estimate of drug-likeness (QED) is 0.544. The highest BCUT2D eigenvalue weighted by Crippen LogP contribution is 1.97. The summed E-state index contributed by atoms with van der Waals surface area (Å²) in [4.78, 5) is 0. The van der Waals surface area contributed by atoms with Gasteiger partial charge in [-0.1, -0.05) is 6.92 Å². The molecule has 0 bridgehead atoms. The van der Waals surface area contributed by atoms with Gasteiger partial charge in [-0.05, 0) is 31.2 Å². The van der Waals surface area contributed by atoms with Crippen LogP contribution >= 0.6 is 0 Å². The number of allylic oxidation sites excluding steroid dienone is 3. The number of nitrogens with two attached hydrogens (primary N) is 2. The zero-order valence-corrected chi connectivity index (χ0v) is 6.02. The molecule has 0 rings (SSSR count). The van der Waals surface area contributed by atoms with Crippen LogP contribution in [-0.2, 0) is 0 Å². The van der Waals surface area contributed by atoms with Gasteiger partial charge in [0.1, 0.15) is 0 Å². The van der Waals surface area contributed by atoms with Crippen LogP contribution in [0.25, 0.3) is 0 Å². The highest BCUT2D eigenvalue weighted by atomic mass is 14.6. The van der Waals surface area contributed by atoms with Crippen molar-refractivity contribution >= 4 is 0 Å². The van der Waals surface area contributed by atoms with Crippen LogP contribution in [0.1, 0.15) is 20.3 Å². The molecule has 2 nitrogen and oxygen atoms in total. The fourth-order valence-corrected chi connectivity index (χ4v) is 0.443. The molecule has 0 aliphatic heterocycles. The molecule has 0 saturated carbocycles. The maximum Gasteiger partial charge on any atom is 0.00808 e. The van der Waals surface area contributed by atoms with E-state index in [2.05, 4.69) is 0 Å². The summed E-state index contributed by atoms with van der Waals surface area (Å²) < 4.78 is 0. The number of rotatable bonds is 2. The summed E-state index contributed by atoms with van der Waals surface area (Å²) in [5, 5.41) is 0. The third-order valence-electron chi connectivity index (χ3n) is 1.08. The van der Waals surface area contributed by atoms with Crippen molar-refractivity contribution in [3.8, 4) is 0 Å². The van der Waals surface area contributed by atoms with E-state index < -0.39 is 0 Å². The maximum absolute atomic E-state index is 5.51. The van der Waals surface area contributed by atoms with E-state index in [1.807, 2.05) is 19.9 Å². The first-order chi connectivity index (χ1) is 4.20. The van der Waals surface area contributed by atoms with Gasteiger partial charge in [0, 0.05) is 5.70 Å². The van der Waals surface area contributed by atoms with E-state index in [9.17, 15) is 0 Å². The first-order valence-electron chi connectivity index (χ1n) is 3.05. The molecule has 0 atom stereocenters. The fraction of sp³-hybridized carbons (Fsp3) is 0.429. The molecule has 52 valence electrons. The Balaban J connectivity index is 3.95. The van der Waals surface area contributed by atoms with Gasteiger partial charge in [0.05, 0.1) is 0 Å². The lowest BCUT2D eigenvalue weighted by atomic mass is 10.2. The molecule has 0 spiro atoms. The summed E-state index contributed by atoms with van der Waals surface area (Å²) in [5.74, 6) is 0. The predicted molar refractivity (Wildman–Crippen MR) is 40.5 cm³/mol. The Bertz CT molecular complexity index is 134. The van der Waals surface area contributed by atoms with Crippen LogP contribution in [-0.4, -0.2) is 0 Å². The maximum atomic E-state index is 5.51. The van der Waals surface area contributed by atoms with Gasteiger partial charge in [-0.15, -0.1) is 0 Å². The van der Waals surface area contributed by atoms with Gasteiger partial charge in [0.25, 0.3) is 0 Å². The van der Waals surface area contributed by atoms with E-state index in [0.29, 0.717) is 0 Å². The van der Waals surface area contributed by atoms with Crippen LogP contribution in [0.5, 0.6) is 0 Å². The van der Waals surface area contributed by atoms with Crippen molar-refractivity contribution in [3.63, 3.8) is 0 Å². The summed E-state index contributed by atoms with van der Waals surface area (Å²) in [6.45, 7) is 3.93. The second-order valence-corrected chi connectivity index (χ2v) is 1.98. The van der Waals surface area contributed by atoms with Crippen molar-refractivity contribution in [1.82, 2.24) is 0 Å². The van der Waals surface area contributed by atoms with E-state index in [1.165, 1.54) is 0 Å². The molecule has 0 heterocycles. The lowest BCUT2D eigenvalue weighted by molar-refractivity contribution is 1.06. The summed E-state index contributed by atoms with van der Waals surface area (Å²) in [5.41, 5.74) is 12.6. The molecule has 0 amide bonds. The van der Waals surface area contributed by atoms with E-state index >= 15 is 0 Å². The molecule has 9 heavy (non-hydrogen) atoms. The van der Waals surface area contributed by atoms with E-state index in [4.69, 9.17) is 11.5 Å². The average molecular weight is 126 g/mol. The van der Waals surface area contributed by atoms with Gasteiger partial charge in [-0.2, -0.15) is 0 Å². The Labute approximate surface area is 56.2 Å². The van der Waals surface area contributed by atoms with Crippen molar-refractivity contribution in [2.45, 2.75) is 20.3 Å². The monoisotopic (exact) mass is 126 g/mol. The van der Waals surface area contributed by atoms with E-state index in [0.717, 1.165) is 17.7 Å². The van der Waals surface area contributed by atoms with Crippen LogP contribution in [0.4, 0.5) is 0 Å². The summed E-state index contributed by atoms with van der Waals surface area (Å²) >= 11 is 0. The normalized spacial score (nSPS) is 14.0. The second-order valence-electron chi connectivity index (χ2n) is 1.98. The van der Waals surface area contributed by atoms with Gasteiger partial charge in [0.2, 0.25) is 0 Å². The molecular formula is C7H14N2. The van der Waals surface area contributed by atoms with Crippen LogP contribution in [0, 0.1) is 0 Å². The molecule has 0 fully saturated rings. The molecular weight excluding hydrogens is 112 g/mol. The minimum Gasteiger partial charge on any atom is -0.404 e. The molecule has 0 aromatic heterocycles. The first-order valence-corrected chi connectivity index (χ1v) is 3.05. The van der Waals surface area contributed by atoms with Gasteiger partial charge >= 0.3 is 0 Å². The third-order valence-corrected chi connectivity index (χ3v) is 1.08. The van der Waals surface area contributed by atoms with Crippen LogP contribution in [0.2, 0.25) is 0 Å². The van der Waals surface area contributed by atoms with Crippen molar-refractivity contribution < 1.29 is 0 Å². The molecule has 0 aliphatic rings. The van der Waals surface area contributed by atoms with Gasteiger partial charge in [-0.25, -0.2) is 0 Å².